The monoisotopic (exact) mass is 254 g/mol. The smallest absolute Gasteiger partial charge is 0.220 e. The van der Waals surface area contributed by atoms with Gasteiger partial charge >= 0.3 is 0 Å². The van der Waals surface area contributed by atoms with Crippen LogP contribution >= 0.6 is 12.6 Å². The minimum Gasteiger partial charge on any atom is -0.352 e. The summed E-state index contributed by atoms with van der Waals surface area (Å²) in [5.41, 5.74) is 0.252. The van der Waals surface area contributed by atoms with Gasteiger partial charge in [0.15, 0.2) is 0 Å². The van der Waals surface area contributed by atoms with Crippen LogP contribution in [0.2, 0.25) is 0 Å². The largest absolute Gasteiger partial charge is 0.352 e. The number of rotatable bonds is 5. The summed E-state index contributed by atoms with van der Waals surface area (Å²) in [5.74, 6) is 1.11. The topological polar surface area (TPSA) is 32.3 Å². The molecular formula is C13H22N2OS. The molecule has 1 atom stereocenters. The molecule has 0 aromatic heterocycles. The zero-order chi connectivity index (χ0) is 11.9. The van der Waals surface area contributed by atoms with E-state index in [0.717, 1.165) is 24.8 Å². The van der Waals surface area contributed by atoms with Crippen molar-refractivity contribution in [1.29, 1.82) is 0 Å². The van der Waals surface area contributed by atoms with Crippen molar-refractivity contribution < 1.29 is 4.79 Å². The third-order valence-corrected chi connectivity index (χ3v) is 5.15. The number of nitrogens with zero attached hydrogens (tertiary/aromatic N) is 1. The summed E-state index contributed by atoms with van der Waals surface area (Å²) in [5, 5.41) is 3.21. The van der Waals surface area contributed by atoms with Crippen LogP contribution in [0.4, 0.5) is 0 Å². The van der Waals surface area contributed by atoms with Crippen LogP contribution in [0.5, 0.6) is 0 Å². The molecule has 3 aliphatic rings. The van der Waals surface area contributed by atoms with E-state index in [0.29, 0.717) is 12.5 Å². The molecule has 1 saturated heterocycles. The summed E-state index contributed by atoms with van der Waals surface area (Å²) < 4.78 is 0. The van der Waals surface area contributed by atoms with Gasteiger partial charge in [0.1, 0.15) is 0 Å². The molecule has 1 amide bonds. The lowest BCUT2D eigenvalue weighted by molar-refractivity contribution is -0.122. The SMILES string of the molecule is O=C(CC1(CS)CC1)NC1CCN(C2CC2)C1. The molecule has 1 heterocycles. The predicted octanol–water partition coefficient (Wildman–Crippen LogP) is 1.44. The fourth-order valence-corrected chi connectivity index (χ4v) is 3.29. The molecule has 0 bridgehead atoms. The van der Waals surface area contributed by atoms with Crippen LogP contribution in [0.15, 0.2) is 0 Å². The Hall–Kier alpha value is -0.220. The van der Waals surface area contributed by atoms with E-state index in [4.69, 9.17) is 0 Å². The maximum absolute atomic E-state index is 11.9. The van der Waals surface area contributed by atoms with Gasteiger partial charge in [-0.1, -0.05) is 0 Å². The van der Waals surface area contributed by atoms with Crippen molar-refractivity contribution in [3.63, 3.8) is 0 Å². The molecule has 0 spiro atoms. The summed E-state index contributed by atoms with van der Waals surface area (Å²) >= 11 is 4.35. The molecule has 1 N–H and O–H groups in total. The van der Waals surface area contributed by atoms with Gasteiger partial charge in [-0.05, 0) is 43.3 Å². The molecule has 3 rings (SSSR count). The van der Waals surface area contributed by atoms with Gasteiger partial charge < -0.3 is 5.32 Å². The first-order valence-electron chi connectivity index (χ1n) is 6.85. The van der Waals surface area contributed by atoms with Crippen LogP contribution in [0.1, 0.15) is 38.5 Å². The Balaban J connectivity index is 1.42. The number of likely N-dealkylation sites (tertiary alicyclic amines) is 1. The van der Waals surface area contributed by atoms with E-state index in [1.54, 1.807) is 0 Å². The number of carbonyl (C=O) groups excluding carboxylic acids is 1. The summed E-state index contributed by atoms with van der Waals surface area (Å²) in [7, 11) is 0. The molecule has 1 aliphatic heterocycles. The van der Waals surface area contributed by atoms with E-state index in [2.05, 4.69) is 22.8 Å². The lowest BCUT2D eigenvalue weighted by atomic mass is 10.0. The van der Waals surface area contributed by atoms with Gasteiger partial charge in [0, 0.05) is 31.6 Å². The second-order valence-electron chi connectivity index (χ2n) is 6.11. The third-order valence-electron chi connectivity index (χ3n) is 4.48. The molecule has 3 fully saturated rings. The summed E-state index contributed by atoms with van der Waals surface area (Å²) in [6.45, 7) is 2.25. The Kier molecular flexibility index (Phi) is 3.11. The molecule has 0 radical (unpaired) electrons. The van der Waals surface area contributed by atoms with Gasteiger partial charge in [0.25, 0.3) is 0 Å². The van der Waals surface area contributed by atoms with E-state index >= 15 is 0 Å². The molecule has 2 aliphatic carbocycles. The Morgan fingerprint density at radius 1 is 1.35 bits per heavy atom. The third kappa shape index (κ3) is 2.79. The number of hydrogen-bond donors (Lipinski definition) is 2. The standard InChI is InChI=1S/C13H22N2OS/c16-12(7-13(9-17)4-5-13)14-10-3-6-15(8-10)11-1-2-11/h10-11,17H,1-9H2,(H,14,16). The van der Waals surface area contributed by atoms with Crippen LogP contribution in [-0.4, -0.2) is 41.7 Å². The first-order chi connectivity index (χ1) is 8.21. The van der Waals surface area contributed by atoms with E-state index in [1.165, 1.54) is 32.2 Å². The average molecular weight is 254 g/mol. The highest BCUT2D eigenvalue weighted by Gasteiger charge is 2.43. The van der Waals surface area contributed by atoms with E-state index in [-0.39, 0.29) is 11.3 Å². The lowest BCUT2D eigenvalue weighted by Gasteiger charge is -2.17. The van der Waals surface area contributed by atoms with Crippen LogP contribution in [-0.2, 0) is 4.79 Å². The van der Waals surface area contributed by atoms with E-state index in [1.807, 2.05) is 0 Å². The van der Waals surface area contributed by atoms with Crippen molar-refractivity contribution in [2.75, 3.05) is 18.8 Å². The zero-order valence-corrected chi connectivity index (χ0v) is 11.2. The quantitative estimate of drug-likeness (QED) is 0.728. The first kappa shape index (κ1) is 11.8. The molecule has 3 nitrogen and oxygen atoms in total. The number of hydrogen-bond acceptors (Lipinski definition) is 3. The lowest BCUT2D eigenvalue weighted by Crippen LogP contribution is -2.38. The summed E-state index contributed by atoms with van der Waals surface area (Å²) in [6.07, 6.45) is 6.92. The van der Waals surface area contributed by atoms with Crippen molar-refractivity contribution >= 4 is 18.5 Å². The van der Waals surface area contributed by atoms with Crippen molar-refractivity contribution in [1.82, 2.24) is 10.2 Å². The molecule has 0 aromatic rings. The van der Waals surface area contributed by atoms with Gasteiger partial charge in [0.05, 0.1) is 0 Å². The van der Waals surface area contributed by atoms with Gasteiger partial charge in [0.2, 0.25) is 5.91 Å². The number of thiol groups is 1. The van der Waals surface area contributed by atoms with Gasteiger partial charge in [-0.2, -0.15) is 12.6 Å². The van der Waals surface area contributed by atoms with Crippen LogP contribution in [0, 0.1) is 5.41 Å². The fourth-order valence-electron chi connectivity index (χ4n) is 2.86. The van der Waals surface area contributed by atoms with E-state index < -0.39 is 0 Å². The highest BCUT2D eigenvalue weighted by Crippen LogP contribution is 2.49. The van der Waals surface area contributed by atoms with Crippen molar-refractivity contribution in [3.05, 3.63) is 0 Å². The Morgan fingerprint density at radius 2 is 2.12 bits per heavy atom. The molecule has 17 heavy (non-hydrogen) atoms. The Labute approximate surface area is 109 Å². The first-order valence-corrected chi connectivity index (χ1v) is 7.48. The summed E-state index contributed by atoms with van der Waals surface area (Å²) in [4.78, 5) is 14.5. The normalized spacial score (nSPS) is 31.5. The van der Waals surface area contributed by atoms with Gasteiger partial charge in [-0.25, -0.2) is 0 Å². The van der Waals surface area contributed by atoms with Gasteiger partial charge in [-0.15, -0.1) is 0 Å². The minimum absolute atomic E-state index is 0.249. The van der Waals surface area contributed by atoms with Crippen molar-refractivity contribution in [2.45, 2.75) is 50.6 Å². The molecule has 0 aromatic carbocycles. The molecule has 1 unspecified atom stereocenters. The molecular weight excluding hydrogens is 232 g/mol. The molecule has 96 valence electrons. The number of nitrogens with one attached hydrogen (secondary N) is 1. The summed E-state index contributed by atoms with van der Waals surface area (Å²) in [6, 6.07) is 1.24. The number of amides is 1. The van der Waals surface area contributed by atoms with Gasteiger partial charge in [-0.3, -0.25) is 9.69 Å². The Bertz CT molecular complexity index is 313. The van der Waals surface area contributed by atoms with Crippen LogP contribution in [0.3, 0.4) is 0 Å². The van der Waals surface area contributed by atoms with Crippen molar-refractivity contribution in [2.24, 2.45) is 5.41 Å². The fraction of sp³-hybridized carbons (Fsp3) is 0.923. The average Bonchev–Trinajstić information content (AvgIpc) is 3.21. The highest BCUT2D eigenvalue weighted by atomic mass is 32.1. The van der Waals surface area contributed by atoms with E-state index in [9.17, 15) is 4.79 Å². The maximum Gasteiger partial charge on any atom is 0.220 e. The minimum atomic E-state index is 0.249. The zero-order valence-electron chi connectivity index (χ0n) is 10.3. The number of carbonyl (C=O) groups is 1. The second kappa shape index (κ2) is 4.47. The maximum atomic E-state index is 11.9. The second-order valence-corrected chi connectivity index (χ2v) is 6.43. The predicted molar refractivity (Wildman–Crippen MR) is 71.3 cm³/mol. The highest BCUT2D eigenvalue weighted by molar-refractivity contribution is 7.80. The van der Waals surface area contributed by atoms with Crippen LogP contribution in [0.25, 0.3) is 0 Å². The molecule has 2 saturated carbocycles. The molecule has 4 heteroatoms. The van der Waals surface area contributed by atoms with Crippen molar-refractivity contribution in [3.8, 4) is 0 Å². The van der Waals surface area contributed by atoms with Crippen LogP contribution < -0.4 is 5.32 Å². The Morgan fingerprint density at radius 3 is 2.71 bits per heavy atom.